The van der Waals surface area contributed by atoms with Gasteiger partial charge in [0.25, 0.3) is 0 Å². The van der Waals surface area contributed by atoms with Gasteiger partial charge in [-0.1, -0.05) is 6.92 Å². The molecule has 1 saturated heterocycles. The van der Waals surface area contributed by atoms with Crippen molar-refractivity contribution in [2.75, 3.05) is 52.5 Å². The molecular formula is C15H30N2O. The summed E-state index contributed by atoms with van der Waals surface area (Å²) in [4.78, 5) is 5.27. The molecule has 0 bridgehead atoms. The Morgan fingerprint density at radius 3 is 2.39 bits per heavy atom. The van der Waals surface area contributed by atoms with Crippen molar-refractivity contribution in [3.63, 3.8) is 0 Å². The van der Waals surface area contributed by atoms with E-state index < -0.39 is 0 Å². The molecule has 0 amide bonds. The molecule has 3 heteroatoms. The largest absolute Gasteiger partial charge is 0.381 e. The smallest absolute Gasteiger partial charge is 0.0494 e. The van der Waals surface area contributed by atoms with Gasteiger partial charge in [-0.25, -0.2) is 0 Å². The molecule has 0 radical (unpaired) electrons. The molecule has 0 aromatic carbocycles. The highest BCUT2D eigenvalue weighted by molar-refractivity contribution is 4.82. The van der Waals surface area contributed by atoms with Gasteiger partial charge in [0.2, 0.25) is 0 Å². The predicted molar refractivity (Wildman–Crippen MR) is 75.9 cm³/mol. The lowest BCUT2D eigenvalue weighted by Gasteiger charge is -2.38. The van der Waals surface area contributed by atoms with Gasteiger partial charge in [0, 0.05) is 32.8 Å². The monoisotopic (exact) mass is 254 g/mol. The predicted octanol–water partition coefficient (Wildman–Crippen LogP) is 2.08. The van der Waals surface area contributed by atoms with Crippen molar-refractivity contribution in [2.24, 2.45) is 11.8 Å². The minimum absolute atomic E-state index is 0.856. The summed E-state index contributed by atoms with van der Waals surface area (Å²) >= 11 is 0. The summed E-state index contributed by atoms with van der Waals surface area (Å²) in [6.45, 7) is 13.9. The maximum absolute atomic E-state index is 5.50. The number of hydrogen-bond acceptors (Lipinski definition) is 3. The van der Waals surface area contributed by atoms with Gasteiger partial charge in [0.15, 0.2) is 0 Å². The van der Waals surface area contributed by atoms with Crippen LogP contribution in [0.5, 0.6) is 0 Å². The van der Waals surface area contributed by atoms with Gasteiger partial charge in [-0.15, -0.1) is 0 Å². The molecule has 0 atom stereocenters. The first-order valence-electron chi connectivity index (χ1n) is 7.84. The molecule has 1 heterocycles. The lowest BCUT2D eigenvalue weighted by atomic mass is 9.75. The number of ether oxygens (including phenoxy) is 1. The topological polar surface area (TPSA) is 15.7 Å². The van der Waals surface area contributed by atoms with Crippen molar-refractivity contribution in [1.82, 2.24) is 9.80 Å². The third kappa shape index (κ3) is 4.22. The van der Waals surface area contributed by atoms with E-state index >= 15 is 0 Å². The highest BCUT2D eigenvalue weighted by Gasteiger charge is 2.30. The van der Waals surface area contributed by atoms with E-state index in [0.29, 0.717) is 0 Å². The Morgan fingerprint density at radius 2 is 1.67 bits per heavy atom. The number of hydrogen-bond donors (Lipinski definition) is 0. The molecule has 2 rings (SSSR count). The average Bonchev–Trinajstić information content (AvgIpc) is 2.57. The van der Waals surface area contributed by atoms with Crippen molar-refractivity contribution < 1.29 is 4.74 Å². The van der Waals surface area contributed by atoms with E-state index in [-0.39, 0.29) is 0 Å². The van der Waals surface area contributed by atoms with Crippen LogP contribution in [-0.2, 0) is 4.74 Å². The van der Waals surface area contributed by atoms with E-state index in [1.54, 1.807) is 0 Å². The standard InChI is InChI=1S/C15H30N2O/c1-3-16-6-5-7-17(9-8-16)12-14-10-15(11-14)13-18-4-2/h14-15H,3-13H2,1-2H3. The molecule has 1 aliphatic carbocycles. The van der Waals surface area contributed by atoms with E-state index in [1.165, 1.54) is 58.5 Å². The highest BCUT2D eigenvalue weighted by atomic mass is 16.5. The molecule has 2 fully saturated rings. The van der Waals surface area contributed by atoms with Gasteiger partial charge < -0.3 is 14.5 Å². The summed E-state index contributed by atoms with van der Waals surface area (Å²) in [5, 5.41) is 0. The zero-order valence-electron chi connectivity index (χ0n) is 12.2. The molecule has 0 unspecified atom stereocenters. The van der Waals surface area contributed by atoms with Gasteiger partial charge >= 0.3 is 0 Å². The summed E-state index contributed by atoms with van der Waals surface area (Å²) in [5.74, 6) is 1.80. The Labute approximate surface area is 112 Å². The SMILES string of the molecule is CCOCC1CC(CN2CCCN(CC)CC2)C1. The van der Waals surface area contributed by atoms with Gasteiger partial charge in [-0.2, -0.15) is 0 Å². The fraction of sp³-hybridized carbons (Fsp3) is 1.00. The quantitative estimate of drug-likeness (QED) is 0.722. The molecule has 2 aliphatic rings. The average molecular weight is 254 g/mol. The number of likely N-dealkylation sites (N-methyl/N-ethyl adjacent to an activating group) is 1. The molecular weight excluding hydrogens is 224 g/mol. The number of nitrogens with zero attached hydrogens (tertiary/aromatic N) is 2. The molecule has 106 valence electrons. The molecule has 0 spiro atoms. The van der Waals surface area contributed by atoms with Crippen LogP contribution in [-0.4, -0.2) is 62.3 Å². The zero-order chi connectivity index (χ0) is 12.8. The fourth-order valence-corrected chi connectivity index (χ4v) is 3.33. The zero-order valence-corrected chi connectivity index (χ0v) is 12.2. The summed E-state index contributed by atoms with van der Waals surface area (Å²) in [6, 6.07) is 0. The van der Waals surface area contributed by atoms with Crippen molar-refractivity contribution >= 4 is 0 Å². The lowest BCUT2D eigenvalue weighted by molar-refractivity contribution is 0.0366. The van der Waals surface area contributed by atoms with Crippen LogP contribution >= 0.6 is 0 Å². The van der Waals surface area contributed by atoms with Crippen LogP contribution in [0.4, 0.5) is 0 Å². The van der Waals surface area contributed by atoms with Crippen molar-refractivity contribution in [3.8, 4) is 0 Å². The molecule has 1 saturated carbocycles. The van der Waals surface area contributed by atoms with E-state index in [1.807, 2.05) is 0 Å². The van der Waals surface area contributed by atoms with Crippen LogP contribution in [0.3, 0.4) is 0 Å². The number of rotatable bonds is 6. The molecule has 0 aromatic heterocycles. The van der Waals surface area contributed by atoms with Gasteiger partial charge in [0.05, 0.1) is 0 Å². The second-order valence-electron chi connectivity index (χ2n) is 5.95. The molecule has 0 N–H and O–H groups in total. The van der Waals surface area contributed by atoms with Gasteiger partial charge in [0.1, 0.15) is 0 Å². The summed E-state index contributed by atoms with van der Waals surface area (Å²) in [5.41, 5.74) is 0. The van der Waals surface area contributed by atoms with E-state index in [2.05, 4.69) is 23.6 Å². The second-order valence-corrected chi connectivity index (χ2v) is 5.95. The Hall–Kier alpha value is -0.120. The second kappa shape index (κ2) is 7.46. The Balaban J connectivity index is 1.60. The van der Waals surface area contributed by atoms with E-state index in [4.69, 9.17) is 4.74 Å². The summed E-state index contributed by atoms with van der Waals surface area (Å²) < 4.78 is 5.50. The maximum atomic E-state index is 5.50. The molecule has 0 aromatic rings. The van der Waals surface area contributed by atoms with Crippen LogP contribution in [0.2, 0.25) is 0 Å². The fourth-order valence-electron chi connectivity index (χ4n) is 3.33. The minimum atomic E-state index is 0.856. The first kappa shape index (κ1) is 14.3. The van der Waals surface area contributed by atoms with Crippen molar-refractivity contribution in [1.29, 1.82) is 0 Å². The Bertz CT molecular complexity index is 229. The van der Waals surface area contributed by atoms with E-state index in [9.17, 15) is 0 Å². The third-order valence-corrected chi connectivity index (χ3v) is 4.54. The van der Waals surface area contributed by atoms with Crippen molar-refractivity contribution in [3.05, 3.63) is 0 Å². The van der Waals surface area contributed by atoms with Crippen LogP contribution in [0.15, 0.2) is 0 Å². The first-order valence-corrected chi connectivity index (χ1v) is 7.84. The summed E-state index contributed by atoms with van der Waals surface area (Å²) in [7, 11) is 0. The maximum Gasteiger partial charge on any atom is 0.0494 e. The minimum Gasteiger partial charge on any atom is -0.381 e. The Morgan fingerprint density at radius 1 is 0.944 bits per heavy atom. The van der Waals surface area contributed by atoms with Crippen LogP contribution in [0, 0.1) is 11.8 Å². The van der Waals surface area contributed by atoms with Crippen LogP contribution in [0.25, 0.3) is 0 Å². The molecule has 3 nitrogen and oxygen atoms in total. The van der Waals surface area contributed by atoms with Crippen LogP contribution in [0.1, 0.15) is 33.1 Å². The van der Waals surface area contributed by atoms with Crippen molar-refractivity contribution in [2.45, 2.75) is 33.1 Å². The van der Waals surface area contributed by atoms with Crippen LogP contribution < -0.4 is 0 Å². The molecule has 1 aliphatic heterocycles. The highest BCUT2D eigenvalue weighted by Crippen LogP contribution is 2.34. The lowest BCUT2D eigenvalue weighted by Crippen LogP contribution is -2.39. The summed E-state index contributed by atoms with van der Waals surface area (Å²) in [6.07, 6.45) is 4.14. The normalized spacial score (nSPS) is 31.0. The van der Waals surface area contributed by atoms with E-state index in [0.717, 1.165) is 25.0 Å². The van der Waals surface area contributed by atoms with Gasteiger partial charge in [-0.05, 0) is 57.7 Å². The Kier molecular flexibility index (Phi) is 5.93. The molecule has 18 heavy (non-hydrogen) atoms. The third-order valence-electron chi connectivity index (χ3n) is 4.54. The van der Waals surface area contributed by atoms with Gasteiger partial charge in [-0.3, -0.25) is 0 Å². The first-order chi connectivity index (χ1) is 8.81.